The molecule has 0 aliphatic rings. The Hall–Kier alpha value is 0.670. The monoisotopic (exact) mass is 380 g/mol. The van der Waals surface area contributed by atoms with Crippen LogP contribution in [0.1, 0.15) is 0 Å². The highest BCUT2D eigenvalue weighted by Gasteiger charge is 2.10. The van der Waals surface area contributed by atoms with Crippen molar-refractivity contribution in [3.8, 4) is 0 Å². The molecule has 0 fully saturated rings. The Morgan fingerprint density at radius 3 is 2.42 bits per heavy atom. The minimum absolute atomic E-state index is 0.108. The van der Waals surface area contributed by atoms with Crippen molar-refractivity contribution in [1.29, 1.82) is 0 Å². The molecule has 12 heavy (non-hydrogen) atoms. The number of hydrogen-bond donors (Lipinski definition) is 0. The average molecular weight is 381 g/mol. The van der Waals surface area contributed by atoms with Gasteiger partial charge in [0.05, 0.1) is 4.90 Å². The third kappa shape index (κ3) is 2.58. The van der Waals surface area contributed by atoms with Crippen LogP contribution in [0, 0.1) is 3.57 Å². The minimum atomic E-state index is -3.60. The zero-order valence-corrected chi connectivity index (χ0v) is 10.9. The minimum Gasteiger partial charge on any atom is -0.207 e. The van der Waals surface area contributed by atoms with Gasteiger partial charge < -0.3 is 0 Å². The third-order valence-corrected chi connectivity index (χ3v) is 4.86. The lowest BCUT2D eigenvalue weighted by Gasteiger charge is -1.98. The third-order valence-electron chi connectivity index (χ3n) is 1.17. The molecule has 0 N–H and O–H groups in total. The molecule has 0 atom stereocenters. The Morgan fingerprint density at radius 1 is 1.42 bits per heavy atom. The van der Waals surface area contributed by atoms with E-state index in [1.165, 1.54) is 12.1 Å². The highest BCUT2D eigenvalue weighted by atomic mass is 127. The van der Waals surface area contributed by atoms with E-state index in [0.717, 1.165) is 8.04 Å². The topological polar surface area (TPSA) is 34.1 Å². The second-order valence-electron chi connectivity index (χ2n) is 2.01. The first-order valence-electron chi connectivity index (χ1n) is 2.81. The van der Waals surface area contributed by atoms with Crippen LogP contribution in [0.25, 0.3) is 0 Å². The summed E-state index contributed by atoms with van der Waals surface area (Å²) >= 11 is 5.29. The first kappa shape index (κ1) is 10.7. The summed E-state index contributed by atoms with van der Waals surface area (Å²) in [5, 5.41) is 0. The van der Waals surface area contributed by atoms with Crippen LogP contribution in [0.3, 0.4) is 0 Å². The Labute approximate surface area is 97.0 Å². The average Bonchev–Trinajstić information content (AvgIpc) is 1.92. The fourth-order valence-corrected chi connectivity index (χ4v) is 2.27. The number of benzene rings is 1. The number of rotatable bonds is 1. The van der Waals surface area contributed by atoms with Gasteiger partial charge >= 0.3 is 0 Å². The Morgan fingerprint density at radius 2 is 2.00 bits per heavy atom. The molecular formula is C6H3BrClIO2S. The summed E-state index contributed by atoms with van der Waals surface area (Å²) in [6, 6.07) is 4.62. The summed E-state index contributed by atoms with van der Waals surface area (Å²) in [7, 11) is 1.53. The standard InChI is InChI=1S/C6H3BrClIO2S/c7-5-3-4(12(8,10)11)1-2-6(5)9/h1-3H. The predicted octanol–water partition coefficient (Wildman–Crippen LogP) is 2.98. The molecule has 1 aromatic carbocycles. The maximum Gasteiger partial charge on any atom is 0.261 e. The molecule has 0 saturated carbocycles. The number of halogens is 3. The second-order valence-corrected chi connectivity index (χ2v) is 6.60. The van der Waals surface area contributed by atoms with Gasteiger partial charge in [0.1, 0.15) is 0 Å². The summed E-state index contributed by atoms with van der Waals surface area (Å²) in [6.07, 6.45) is 0. The maximum absolute atomic E-state index is 10.8. The van der Waals surface area contributed by atoms with Gasteiger partial charge in [-0.3, -0.25) is 0 Å². The first-order chi connectivity index (χ1) is 5.41. The molecule has 1 aromatic rings. The summed E-state index contributed by atoms with van der Waals surface area (Å²) in [5.74, 6) is 0. The van der Waals surface area contributed by atoms with E-state index in [1.807, 2.05) is 0 Å². The van der Waals surface area contributed by atoms with Crippen molar-refractivity contribution in [2.75, 3.05) is 0 Å². The van der Waals surface area contributed by atoms with Gasteiger partial charge in [-0.05, 0) is 56.7 Å². The molecule has 6 heteroatoms. The predicted molar refractivity (Wildman–Crippen MR) is 59.9 cm³/mol. The fraction of sp³-hybridized carbons (Fsp3) is 0. The molecule has 0 bridgehead atoms. The first-order valence-corrected chi connectivity index (χ1v) is 6.99. The molecule has 0 saturated heterocycles. The van der Waals surface area contributed by atoms with Crippen molar-refractivity contribution in [2.45, 2.75) is 4.90 Å². The van der Waals surface area contributed by atoms with Crippen LogP contribution in [-0.2, 0) is 9.05 Å². The van der Waals surface area contributed by atoms with Gasteiger partial charge in [0.2, 0.25) is 0 Å². The highest BCUT2D eigenvalue weighted by Crippen LogP contribution is 2.24. The SMILES string of the molecule is O=S(=O)(Cl)c1ccc(I)c(Br)c1. The maximum atomic E-state index is 10.8. The fourth-order valence-electron chi connectivity index (χ4n) is 0.629. The molecule has 0 aliphatic carbocycles. The van der Waals surface area contributed by atoms with Gasteiger partial charge in [0.25, 0.3) is 9.05 Å². The van der Waals surface area contributed by atoms with E-state index in [-0.39, 0.29) is 4.90 Å². The van der Waals surface area contributed by atoms with Crippen molar-refractivity contribution in [1.82, 2.24) is 0 Å². The molecule has 0 aromatic heterocycles. The molecule has 2 nitrogen and oxygen atoms in total. The van der Waals surface area contributed by atoms with Gasteiger partial charge in [-0.1, -0.05) is 0 Å². The quantitative estimate of drug-likeness (QED) is 0.554. The van der Waals surface area contributed by atoms with Crippen LogP contribution in [0.15, 0.2) is 27.6 Å². The lowest BCUT2D eigenvalue weighted by Crippen LogP contribution is -1.90. The van der Waals surface area contributed by atoms with Gasteiger partial charge in [0, 0.05) is 18.7 Å². The van der Waals surface area contributed by atoms with Crippen LogP contribution in [0.4, 0.5) is 0 Å². The van der Waals surface area contributed by atoms with Gasteiger partial charge in [-0.25, -0.2) is 8.42 Å². The second kappa shape index (κ2) is 3.81. The van der Waals surface area contributed by atoms with Crippen LogP contribution in [-0.4, -0.2) is 8.42 Å². The van der Waals surface area contributed by atoms with Crippen LogP contribution in [0.2, 0.25) is 0 Å². The summed E-state index contributed by atoms with van der Waals surface area (Å²) in [6.45, 7) is 0. The van der Waals surface area contributed by atoms with Crippen molar-refractivity contribution >= 4 is 58.3 Å². The van der Waals surface area contributed by atoms with Crippen molar-refractivity contribution in [3.63, 3.8) is 0 Å². The summed E-state index contributed by atoms with van der Waals surface area (Å²) in [4.78, 5) is 0.108. The molecular weight excluding hydrogens is 378 g/mol. The summed E-state index contributed by atoms with van der Waals surface area (Å²) in [5.41, 5.74) is 0. The van der Waals surface area contributed by atoms with Gasteiger partial charge in [-0.15, -0.1) is 0 Å². The molecule has 66 valence electrons. The molecule has 0 spiro atoms. The molecule has 0 radical (unpaired) electrons. The zero-order valence-electron chi connectivity index (χ0n) is 5.59. The Bertz CT molecular complexity index is 404. The number of hydrogen-bond acceptors (Lipinski definition) is 2. The Kier molecular flexibility index (Phi) is 3.41. The molecule has 0 heterocycles. The van der Waals surface area contributed by atoms with Gasteiger partial charge in [0.15, 0.2) is 0 Å². The van der Waals surface area contributed by atoms with E-state index in [4.69, 9.17) is 10.7 Å². The summed E-state index contributed by atoms with van der Waals surface area (Å²) < 4.78 is 23.3. The van der Waals surface area contributed by atoms with Gasteiger partial charge in [-0.2, -0.15) is 0 Å². The van der Waals surface area contributed by atoms with Crippen molar-refractivity contribution < 1.29 is 8.42 Å². The molecule has 0 aliphatic heterocycles. The molecule has 0 amide bonds. The molecule has 0 unspecified atom stereocenters. The van der Waals surface area contributed by atoms with E-state index in [2.05, 4.69) is 38.5 Å². The van der Waals surface area contributed by atoms with E-state index in [1.54, 1.807) is 6.07 Å². The van der Waals surface area contributed by atoms with Crippen molar-refractivity contribution in [2.24, 2.45) is 0 Å². The molecule has 1 rings (SSSR count). The normalized spacial score (nSPS) is 11.6. The smallest absolute Gasteiger partial charge is 0.207 e. The van der Waals surface area contributed by atoms with Crippen LogP contribution < -0.4 is 0 Å². The largest absolute Gasteiger partial charge is 0.261 e. The zero-order chi connectivity index (χ0) is 9.35. The van der Waals surface area contributed by atoms with E-state index in [0.29, 0.717) is 0 Å². The van der Waals surface area contributed by atoms with Crippen molar-refractivity contribution in [3.05, 3.63) is 26.2 Å². The van der Waals surface area contributed by atoms with E-state index < -0.39 is 9.05 Å². The highest BCUT2D eigenvalue weighted by molar-refractivity contribution is 14.1. The van der Waals surface area contributed by atoms with E-state index >= 15 is 0 Å². The van der Waals surface area contributed by atoms with E-state index in [9.17, 15) is 8.42 Å². The lowest BCUT2D eigenvalue weighted by atomic mass is 10.4. The van der Waals surface area contributed by atoms with Crippen LogP contribution >= 0.6 is 49.2 Å². The Balaban J connectivity index is 3.33. The lowest BCUT2D eigenvalue weighted by molar-refractivity contribution is 0.609. The van der Waals surface area contributed by atoms with Crippen LogP contribution in [0.5, 0.6) is 0 Å².